The van der Waals surface area contributed by atoms with Gasteiger partial charge in [0, 0.05) is 12.7 Å². The van der Waals surface area contributed by atoms with Gasteiger partial charge in [-0.05, 0) is 13.0 Å². The summed E-state index contributed by atoms with van der Waals surface area (Å²) in [5, 5.41) is 0.387. The van der Waals surface area contributed by atoms with E-state index in [9.17, 15) is 4.79 Å². The second-order valence-corrected chi connectivity index (χ2v) is 2.98. The predicted octanol–water partition coefficient (Wildman–Crippen LogP) is 1.37. The third-order valence-corrected chi connectivity index (χ3v) is 1.95. The Hall–Kier alpha value is -1.13. The number of carbonyl (C=O) groups is 1. The molecule has 0 unspecified atom stereocenters. The number of aromatic nitrogens is 1. The van der Waals surface area contributed by atoms with Gasteiger partial charge in [0.2, 0.25) is 0 Å². The van der Waals surface area contributed by atoms with Crippen molar-refractivity contribution in [3.8, 4) is 0 Å². The average molecular weight is 215 g/mol. The molecule has 0 amide bonds. The summed E-state index contributed by atoms with van der Waals surface area (Å²) in [6.45, 7) is 2.32. The zero-order valence-corrected chi connectivity index (χ0v) is 8.54. The van der Waals surface area contributed by atoms with E-state index in [1.165, 1.54) is 12.3 Å². The van der Waals surface area contributed by atoms with Crippen LogP contribution in [-0.4, -0.2) is 17.6 Å². The Morgan fingerprint density at radius 3 is 2.93 bits per heavy atom. The Kier molecular flexibility index (Phi) is 3.85. The Morgan fingerprint density at radius 1 is 1.71 bits per heavy atom. The number of pyridine rings is 1. The van der Waals surface area contributed by atoms with Crippen LogP contribution in [0.2, 0.25) is 5.02 Å². The molecule has 0 spiro atoms. The first-order valence-electron chi connectivity index (χ1n) is 4.20. The largest absolute Gasteiger partial charge is 0.462 e. The van der Waals surface area contributed by atoms with Crippen LogP contribution in [0.25, 0.3) is 0 Å². The fraction of sp³-hybridized carbons (Fsp3) is 0.333. The van der Waals surface area contributed by atoms with Gasteiger partial charge in [0.05, 0.1) is 22.9 Å². The van der Waals surface area contributed by atoms with Gasteiger partial charge in [-0.25, -0.2) is 4.79 Å². The second-order valence-electron chi connectivity index (χ2n) is 2.58. The third-order valence-electron chi connectivity index (χ3n) is 1.62. The third kappa shape index (κ3) is 2.43. The maximum atomic E-state index is 11.2. The van der Waals surface area contributed by atoms with E-state index in [4.69, 9.17) is 22.1 Å². The van der Waals surface area contributed by atoms with Crippen LogP contribution in [0.3, 0.4) is 0 Å². The lowest BCUT2D eigenvalue weighted by atomic mass is 10.2. The fourth-order valence-corrected chi connectivity index (χ4v) is 1.19. The molecular formula is C9H11ClN2O2. The lowest BCUT2D eigenvalue weighted by Crippen LogP contribution is -2.07. The van der Waals surface area contributed by atoms with Crippen molar-refractivity contribution in [2.24, 2.45) is 5.73 Å². The van der Waals surface area contributed by atoms with Crippen LogP contribution in [0.1, 0.15) is 23.0 Å². The molecule has 0 aliphatic carbocycles. The summed E-state index contributed by atoms with van der Waals surface area (Å²) in [4.78, 5) is 15.2. The Labute approximate surface area is 87.0 Å². The van der Waals surface area contributed by atoms with Gasteiger partial charge >= 0.3 is 5.97 Å². The topological polar surface area (TPSA) is 65.2 Å². The van der Waals surface area contributed by atoms with E-state index < -0.39 is 5.97 Å². The molecule has 0 saturated heterocycles. The Morgan fingerprint density at radius 2 is 2.43 bits per heavy atom. The highest BCUT2D eigenvalue weighted by Crippen LogP contribution is 2.15. The summed E-state index contributed by atoms with van der Waals surface area (Å²) in [6, 6.07) is 1.51. The van der Waals surface area contributed by atoms with Gasteiger partial charge in [-0.2, -0.15) is 0 Å². The SMILES string of the molecule is CCOC(=O)c1cnc(CN)c(Cl)c1. The van der Waals surface area contributed by atoms with E-state index in [1.54, 1.807) is 6.92 Å². The number of hydrogen-bond donors (Lipinski definition) is 1. The molecule has 5 heteroatoms. The zero-order valence-electron chi connectivity index (χ0n) is 7.79. The van der Waals surface area contributed by atoms with Crippen molar-refractivity contribution < 1.29 is 9.53 Å². The van der Waals surface area contributed by atoms with E-state index >= 15 is 0 Å². The highest BCUT2D eigenvalue weighted by Gasteiger charge is 2.09. The summed E-state index contributed by atoms with van der Waals surface area (Å²) >= 11 is 5.82. The number of hydrogen-bond acceptors (Lipinski definition) is 4. The van der Waals surface area contributed by atoms with Crippen LogP contribution in [-0.2, 0) is 11.3 Å². The molecule has 0 saturated carbocycles. The van der Waals surface area contributed by atoms with Gasteiger partial charge in [0.15, 0.2) is 0 Å². The van der Waals surface area contributed by atoms with Crippen LogP contribution in [0, 0.1) is 0 Å². The molecule has 76 valence electrons. The second kappa shape index (κ2) is 4.93. The summed E-state index contributed by atoms with van der Waals surface area (Å²) in [7, 11) is 0. The highest BCUT2D eigenvalue weighted by atomic mass is 35.5. The van der Waals surface area contributed by atoms with E-state index in [2.05, 4.69) is 4.98 Å². The first kappa shape index (κ1) is 10.9. The van der Waals surface area contributed by atoms with Gasteiger partial charge in [0.25, 0.3) is 0 Å². The fourth-order valence-electron chi connectivity index (χ4n) is 0.942. The monoisotopic (exact) mass is 214 g/mol. The van der Waals surface area contributed by atoms with Crippen molar-refractivity contribution in [3.05, 3.63) is 28.5 Å². The lowest BCUT2D eigenvalue weighted by Gasteiger charge is -2.03. The summed E-state index contributed by atoms with van der Waals surface area (Å²) in [5.74, 6) is -0.425. The number of nitrogens with zero attached hydrogens (tertiary/aromatic N) is 1. The molecule has 0 aromatic carbocycles. The molecule has 1 aromatic heterocycles. The van der Waals surface area contributed by atoms with Gasteiger partial charge in [-0.3, -0.25) is 4.98 Å². The Bertz CT molecular complexity index is 342. The molecule has 1 aromatic rings. The highest BCUT2D eigenvalue weighted by molar-refractivity contribution is 6.31. The maximum absolute atomic E-state index is 11.2. The van der Waals surface area contributed by atoms with Gasteiger partial charge in [-0.1, -0.05) is 11.6 Å². The first-order chi connectivity index (χ1) is 6.69. The lowest BCUT2D eigenvalue weighted by molar-refractivity contribution is 0.0526. The minimum atomic E-state index is -0.425. The van der Waals surface area contributed by atoms with Crippen molar-refractivity contribution in [2.75, 3.05) is 6.61 Å². The van der Waals surface area contributed by atoms with Gasteiger partial charge < -0.3 is 10.5 Å². The van der Waals surface area contributed by atoms with E-state index in [1.807, 2.05) is 0 Å². The molecule has 0 aliphatic rings. The van der Waals surface area contributed by atoms with E-state index in [-0.39, 0.29) is 6.54 Å². The number of rotatable bonds is 3. The molecule has 2 N–H and O–H groups in total. The van der Waals surface area contributed by atoms with Crippen molar-refractivity contribution in [1.29, 1.82) is 0 Å². The zero-order chi connectivity index (χ0) is 10.6. The molecule has 4 nitrogen and oxygen atoms in total. The van der Waals surface area contributed by atoms with Crippen molar-refractivity contribution in [1.82, 2.24) is 4.98 Å². The summed E-state index contributed by atoms with van der Waals surface area (Å²) < 4.78 is 4.79. The van der Waals surface area contributed by atoms with Crippen LogP contribution in [0.4, 0.5) is 0 Å². The smallest absolute Gasteiger partial charge is 0.339 e. The molecule has 1 rings (SSSR count). The Balaban J connectivity index is 2.91. The van der Waals surface area contributed by atoms with Crippen LogP contribution < -0.4 is 5.73 Å². The normalized spacial score (nSPS) is 9.93. The van der Waals surface area contributed by atoms with Crippen LogP contribution in [0.5, 0.6) is 0 Å². The predicted molar refractivity (Wildman–Crippen MR) is 53.1 cm³/mol. The van der Waals surface area contributed by atoms with Crippen molar-refractivity contribution in [2.45, 2.75) is 13.5 Å². The number of esters is 1. The molecule has 0 fully saturated rings. The van der Waals surface area contributed by atoms with Crippen LogP contribution >= 0.6 is 11.6 Å². The minimum Gasteiger partial charge on any atom is -0.462 e. The average Bonchev–Trinajstić information content (AvgIpc) is 2.18. The molecule has 1 heterocycles. The van der Waals surface area contributed by atoms with E-state index in [0.29, 0.717) is 22.9 Å². The minimum absolute atomic E-state index is 0.252. The number of carbonyl (C=O) groups excluding carboxylic acids is 1. The quantitative estimate of drug-likeness (QED) is 0.772. The number of ether oxygens (including phenoxy) is 1. The van der Waals surface area contributed by atoms with Crippen molar-refractivity contribution in [3.63, 3.8) is 0 Å². The molecule has 14 heavy (non-hydrogen) atoms. The molecule has 0 atom stereocenters. The number of nitrogens with two attached hydrogens (primary N) is 1. The summed E-state index contributed by atoms with van der Waals surface area (Å²) in [5.41, 5.74) is 6.28. The van der Waals surface area contributed by atoms with Crippen molar-refractivity contribution >= 4 is 17.6 Å². The van der Waals surface area contributed by atoms with E-state index in [0.717, 1.165) is 0 Å². The molecule has 0 radical (unpaired) electrons. The molecular weight excluding hydrogens is 204 g/mol. The standard InChI is InChI=1S/C9H11ClN2O2/c1-2-14-9(13)6-3-7(10)8(4-11)12-5-6/h3,5H,2,4,11H2,1H3. The maximum Gasteiger partial charge on any atom is 0.339 e. The molecule has 0 aliphatic heterocycles. The van der Waals surface area contributed by atoms with Gasteiger partial charge in [-0.15, -0.1) is 0 Å². The first-order valence-corrected chi connectivity index (χ1v) is 4.58. The summed E-state index contributed by atoms with van der Waals surface area (Å²) in [6.07, 6.45) is 1.41. The number of halogens is 1. The van der Waals surface area contributed by atoms with Crippen LogP contribution in [0.15, 0.2) is 12.3 Å². The van der Waals surface area contributed by atoms with Gasteiger partial charge in [0.1, 0.15) is 0 Å². The molecule has 0 bridgehead atoms.